The van der Waals surface area contributed by atoms with E-state index in [-0.39, 0.29) is 22.7 Å². The van der Waals surface area contributed by atoms with Crippen molar-refractivity contribution in [2.24, 2.45) is 14.1 Å². The molecule has 1 aliphatic carbocycles. The molecule has 3 heterocycles. The Hall–Kier alpha value is -3.44. The van der Waals surface area contributed by atoms with Crippen LogP contribution in [-0.2, 0) is 26.9 Å². The van der Waals surface area contributed by atoms with Crippen LogP contribution in [0.5, 0.6) is 0 Å². The van der Waals surface area contributed by atoms with Gasteiger partial charge in [0.2, 0.25) is 0 Å². The number of thioether (sulfide) groups is 1. The van der Waals surface area contributed by atoms with Crippen molar-refractivity contribution in [1.82, 2.24) is 18.7 Å². The number of anilines is 1. The molecule has 1 aromatic carbocycles. The number of nitrogen functional groups attached to an aromatic ring is 1. The van der Waals surface area contributed by atoms with Crippen molar-refractivity contribution in [1.29, 1.82) is 0 Å². The molecule has 0 saturated carbocycles. The molecule has 0 aliphatic heterocycles. The third kappa shape index (κ3) is 3.73. The Morgan fingerprint density at radius 1 is 1.11 bits per heavy atom. The SMILES string of the molecule is Cc1ccc(C)c(-n2c(SCC(=O)c3c(N)n(C)c(=O)n(C)c3=O)nc3sc4c(c3c2=O)CCC4)c1. The minimum Gasteiger partial charge on any atom is -0.384 e. The quantitative estimate of drug-likeness (QED) is 0.242. The second kappa shape index (κ2) is 8.90. The first-order valence-corrected chi connectivity index (χ1v) is 13.3. The fourth-order valence-electron chi connectivity index (χ4n) is 4.62. The summed E-state index contributed by atoms with van der Waals surface area (Å²) in [7, 11) is 2.71. The van der Waals surface area contributed by atoms with Crippen molar-refractivity contribution in [2.75, 3.05) is 11.5 Å². The maximum absolute atomic E-state index is 13.9. The van der Waals surface area contributed by atoms with Gasteiger partial charge in [0.05, 0.1) is 16.8 Å². The van der Waals surface area contributed by atoms with Gasteiger partial charge < -0.3 is 5.73 Å². The van der Waals surface area contributed by atoms with Crippen LogP contribution < -0.4 is 22.5 Å². The Morgan fingerprint density at radius 2 is 1.86 bits per heavy atom. The predicted octanol–water partition coefficient (Wildman–Crippen LogP) is 2.51. The Morgan fingerprint density at radius 3 is 2.61 bits per heavy atom. The number of nitrogens with two attached hydrogens (primary N) is 1. The summed E-state index contributed by atoms with van der Waals surface area (Å²) in [5.41, 5.74) is 7.91. The van der Waals surface area contributed by atoms with E-state index in [0.717, 1.165) is 56.8 Å². The number of aryl methyl sites for hydroxylation is 4. The van der Waals surface area contributed by atoms with Crippen LogP contribution in [0.1, 0.15) is 38.3 Å². The lowest BCUT2D eigenvalue weighted by Gasteiger charge is -2.15. The number of carbonyl (C=O) groups excluding carboxylic acids is 1. The first-order valence-electron chi connectivity index (χ1n) is 11.5. The first-order chi connectivity index (χ1) is 17.1. The molecule has 1 aliphatic rings. The van der Waals surface area contributed by atoms with Crippen LogP contribution in [0, 0.1) is 13.8 Å². The highest BCUT2D eigenvalue weighted by Crippen LogP contribution is 2.36. The van der Waals surface area contributed by atoms with Gasteiger partial charge in [-0.15, -0.1) is 11.3 Å². The maximum atomic E-state index is 13.9. The van der Waals surface area contributed by atoms with Crippen molar-refractivity contribution in [3.8, 4) is 5.69 Å². The van der Waals surface area contributed by atoms with Gasteiger partial charge in [-0.2, -0.15) is 0 Å². The van der Waals surface area contributed by atoms with E-state index < -0.39 is 17.0 Å². The minimum absolute atomic E-state index is 0.152. The summed E-state index contributed by atoms with van der Waals surface area (Å²) in [6.07, 6.45) is 2.83. The smallest absolute Gasteiger partial charge is 0.332 e. The summed E-state index contributed by atoms with van der Waals surface area (Å²) in [6.45, 7) is 3.88. The lowest BCUT2D eigenvalue weighted by atomic mass is 10.1. The van der Waals surface area contributed by atoms with Crippen LogP contribution in [0.15, 0.2) is 37.7 Å². The summed E-state index contributed by atoms with van der Waals surface area (Å²) >= 11 is 2.61. The van der Waals surface area contributed by atoms with Gasteiger partial charge in [-0.25, -0.2) is 9.78 Å². The number of hydrogen-bond acceptors (Lipinski definition) is 8. The molecule has 9 nitrogen and oxygen atoms in total. The van der Waals surface area contributed by atoms with Gasteiger partial charge in [-0.05, 0) is 55.9 Å². The third-order valence-corrected chi connectivity index (χ3v) is 8.76. The summed E-state index contributed by atoms with van der Waals surface area (Å²) in [4.78, 5) is 58.6. The lowest BCUT2D eigenvalue weighted by Crippen LogP contribution is -2.41. The normalized spacial score (nSPS) is 12.9. The van der Waals surface area contributed by atoms with E-state index in [9.17, 15) is 19.2 Å². The number of nitrogens with zero attached hydrogens (tertiary/aromatic N) is 4. The van der Waals surface area contributed by atoms with Crippen LogP contribution in [0.25, 0.3) is 15.9 Å². The number of fused-ring (bicyclic) bond motifs is 3. The molecule has 2 N–H and O–H groups in total. The molecule has 0 amide bonds. The summed E-state index contributed by atoms with van der Waals surface area (Å²) < 4.78 is 3.51. The van der Waals surface area contributed by atoms with Gasteiger partial charge in [-0.3, -0.25) is 28.1 Å². The van der Waals surface area contributed by atoms with Gasteiger partial charge in [0, 0.05) is 19.0 Å². The topological polar surface area (TPSA) is 122 Å². The van der Waals surface area contributed by atoms with E-state index in [1.54, 1.807) is 4.57 Å². The average Bonchev–Trinajstić information content (AvgIpc) is 3.43. The van der Waals surface area contributed by atoms with Crippen molar-refractivity contribution >= 4 is 44.9 Å². The second-order valence-corrected chi connectivity index (χ2v) is 11.1. The summed E-state index contributed by atoms with van der Waals surface area (Å²) in [5.74, 6) is -0.895. The number of rotatable bonds is 5. The van der Waals surface area contributed by atoms with Crippen LogP contribution in [0.2, 0.25) is 0 Å². The Labute approximate surface area is 214 Å². The monoisotopic (exact) mass is 523 g/mol. The highest BCUT2D eigenvalue weighted by atomic mass is 32.2. The van der Waals surface area contributed by atoms with E-state index in [0.29, 0.717) is 21.1 Å². The highest BCUT2D eigenvalue weighted by molar-refractivity contribution is 7.99. The molecule has 0 spiro atoms. The van der Waals surface area contributed by atoms with Crippen molar-refractivity contribution in [2.45, 2.75) is 38.3 Å². The average molecular weight is 524 g/mol. The standard InChI is InChI=1S/C25H25N5O4S2/c1-12-8-9-13(2)15(10-12)30-23(33)18-14-6-5-7-17(14)36-21(18)27-24(30)35-11-16(31)19-20(26)28(3)25(34)29(4)22(19)32/h8-10H,5-7,11,26H2,1-4H3. The fraction of sp³-hybridized carbons (Fsp3) is 0.320. The van der Waals surface area contributed by atoms with E-state index in [1.807, 2.05) is 32.0 Å². The van der Waals surface area contributed by atoms with Crippen molar-refractivity contribution < 1.29 is 4.79 Å². The van der Waals surface area contributed by atoms with Crippen LogP contribution in [0.4, 0.5) is 5.82 Å². The number of aromatic nitrogens is 4. The second-order valence-electron chi connectivity index (χ2n) is 9.04. The highest BCUT2D eigenvalue weighted by Gasteiger charge is 2.26. The van der Waals surface area contributed by atoms with Gasteiger partial charge >= 0.3 is 5.69 Å². The molecule has 0 saturated heterocycles. The zero-order valence-corrected chi connectivity index (χ0v) is 22.0. The summed E-state index contributed by atoms with van der Waals surface area (Å²) in [5, 5.41) is 1.02. The number of ketones is 1. The first kappa shape index (κ1) is 24.3. The molecule has 4 aromatic rings. The number of carbonyl (C=O) groups is 1. The Bertz CT molecular complexity index is 1760. The molecule has 0 atom stereocenters. The number of benzene rings is 1. The van der Waals surface area contributed by atoms with E-state index in [4.69, 9.17) is 10.7 Å². The van der Waals surface area contributed by atoms with Gasteiger partial charge in [-0.1, -0.05) is 23.9 Å². The van der Waals surface area contributed by atoms with E-state index in [1.165, 1.54) is 30.3 Å². The molecule has 186 valence electrons. The molecule has 0 unspecified atom stereocenters. The molecule has 3 aromatic heterocycles. The van der Waals surface area contributed by atoms with Gasteiger partial charge in [0.1, 0.15) is 16.2 Å². The molecule has 36 heavy (non-hydrogen) atoms. The largest absolute Gasteiger partial charge is 0.384 e. The van der Waals surface area contributed by atoms with E-state index >= 15 is 0 Å². The number of Topliss-reactive ketones (excluding diaryl/α,β-unsaturated/α-hetero) is 1. The molecule has 0 fully saturated rings. The number of thiophene rings is 1. The fourth-order valence-corrected chi connectivity index (χ4v) is 6.80. The van der Waals surface area contributed by atoms with E-state index in [2.05, 4.69) is 0 Å². The predicted molar refractivity (Wildman–Crippen MR) is 143 cm³/mol. The molecule has 11 heteroatoms. The maximum Gasteiger partial charge on any atom is 0.332 e. The van der Waals surface area contributed by atoms with Crippen LogP contribution in [-0.4, -0.2) is 30.2 Å². The molecule has 0 radical (unpaired) electrons. The molecule has 0 bridgehead atoms. The Balaban J connectivity index is 1.64. The molecule has 5 rings (SSSR count). The zero-order valence-electron chi connectivity index (χ0n) is 20.4. The van der Waals surface area contributed by atoms with Crippen molar-refractivity contribution in [3.05, 3.63) is 76.5 Å². The minimum atomic E-state index is -0.744. The molecular weight excluding hydrogens is 498 g/mol. The van der Waals surface area contributed by atoms with Crippen LogP contribution >= 0.6 is 23.1 Å². The van der Waals surface area contributed by atoms with Crippen molar-refractivity contribution in [3.63, 3.8) is 0 Å². The molecular formula is C25H25N5O4S2. The summed E-state index contributed by atoms with van der Waals surface area (Å²) in [6, 6.07) is 5.87. The Kier molecular flexibility index (Phi) is 6.00. The van der Waals surface area contributed by atoms with Gasteiger partial charge in [0.25, 0.3) is 11.1 Å². The van der Waals surface area contributed by atoms with Crippen LogP contribution in [0.3, 0.4) is 0 Å². The zero-order chi connectivity index (χ0) is 25.9. The van der Waals surface area contributed by atoms with Gasteiger partial charge in [0.15, 0.2) is 10.9 Å². The third-order valence-electron chi connectivity index (χ3n) is 6.63. The number of hydrogen-bond donors (Lipinski definition) is 1. The lowest BCUT2D eigenvalue weighted by molar-refractivity contribution is 0.102.